The van der Waals surface area contributed by atoms with Gasteiger partial charge >= 0.3 is 0 Å². The maximum absolute atomic E-state index is 12.7. The van der Waals surface area contributed by atoms with Crippen molar-refractivity contribution in [3.8, 4) is 11.4 Å². The molecule has 5 rings (SSSR count). The molecule has 9 heteroatoms. The molecular formula is C24H24ClN5O2S. The summed E-state index contributed by atoms with van der Waals surface area (Å²) in [6, 6.07) is 15.3. The smallest absolute Gasteiger partial charge is 0.227 e. The number of benzene rings is 2. The third-order valence-corrected chi connectivity index (χ3v) is 7.29. The number of aromatic nitrogens is 3. The SMILES string of the molecule is COc1ccc(-n2nc(C)c3sc(N4CCN(C(=O)Cc5cccc(Cl)c5)CC4)nc32)cc1. The van der Waals surface area contributed by atoms with E-state index in [1.54, 1.807) is 18.4 Å². The Balaban J connectivity index is 1.29. The van der Waals surface area contributed by atoms with Crippen molar-refractivity contribution in [3.05, 3.63) is 64.8 Å². The number of carbonyl (C=O) groups excluding carboxylic acids is 1. The van der Waals surface area contributed by atoms with Crippen LogP contribution in [0.15, 0.2) is 48.5 Å². The predicted molar refractivity (Wildman–Crippen MR) is 132 cm³/mol. The molecule has 0 radical (unpaired) electrons. The molecule has 0 bridgehead atoms. The zero-order valence-corrected chi connectivity index (χ0v) is 20.1. The van der Waals surface area contributed by atoms with Gasteiger partial charge in [0.1, 0.15) is 5.75 Å². The Labute approximate surface area is 201 Å². The molecule has 1 saturated heterocycles. The van der Waals surface area contributed by atoms with Crippen molar-refractivity contribution in [1.29, 1.82) is 0 Å². The van der Waals surface area contributed by atoms with Gasteiger partial charge in [-0.15, -0.1) is 0 Å². The van der Waals surface area contributed by atoms with E-state index < -0.39 is 0 Å². The Morgan fingerprint density at radius 3 is 2.58 bits per heavy atom. The summed E-state index contributed by atoms with van der Waals surface area (Å²) in [4.78, 5) is 21.8. The van der Waals surface area contributed by atoms with Crippen LogP contribution in [0.3, 0.4) is 0 Å². The third-order valence-electron chi connectivity index (χ3n) is 5.84. The minimum Gasteiger partial charge on any atom is -0.497 e. The minimum atomic E-state index is 0.132. The van der Waals surface area contributed by atoms with Crippen LogP contribution in [0.25, 0.3) is 16.0 Å². The summed E-state index contributed by atoms with van der Waals surface area (Å²) in [5.41, 5.74) is 3.71. The lowest BCUT2D eigenvalue weighted by molar-refractivity contribution is -0.130. The molecule has 0 spiro atoms. The zero-order valence-electron chi connectivity index (χ0n) is 18.5. The number of amides is 1. The molecule has 4 aromatic rings. The van der Waals surface area contributed by atoms with Crippen LogP contribution in [0.5, 0.6) is 5.75 Å². The molecule has 2 aromatic carbocycles. The van der Waals surface area contributed by atoms with E-state index in [1.807, 2.05) is 65.0 Å². The molecule has 7 nitrogen and oxygen atoms in total. The number of aryl methyl sites for hydroxylation is 1. The van der Waals surface area contributed by atoms with E-state index in [-0.39, 0.29) is 5.91 Å². The van der Waals surface area contributed by atoms with Crippen molar-refractivity contribution in [3.63, 3.8) is 0 Å². The highest BCUT2D eigenvalue weighted by Gasteiger charge is 2.25. The summed E-state index contributed by atoms with van der Waals surface area (Å²) in [5, 5.41) is 6.31. The van der Waals surface area contributed by atoms with Crippen LogP contribution in [-0.2, 0) is 11.2 Å². The Hall–Kier alpha value is -3.10. The van der Waals surface area contributed by atoms with Crippen LogP contribution in [0, 0.1) is 6.92 Å². The van der Waals surface area contributed by atoms with Gasteiger partial charge in [0.15, 0.2) is 10.8 Å². The summed E-state index contributed by atoms with van der Waals surface area (Å²) >= 11 is 7.71. The Kier molecular flexibility index (Phi) is 5.95. The zero-order chi connectivity index (χ0) is 22.9. The molecule has 0 saturated carbocycles. The van der Waals surface area contributed by atoms with Crippen molar-refractivity contribution in [2.45, 2.75) is 13.3 Å². The van der Waals surface area contributed by atoms with Gasteiger partial charge in [-0.1, -0.05) is 35.1 Å². The molecule has 2 aromatic heterocycles. The fourth-order valence-electron chi connectivity index (χ4n) is 4.04. The molecule has 1 amide bonds. The third kappa shape index (κ3) is 4.41. The number of hydrogen-bond acceptors (Lipinski definition) is 6. The first-order valence-electron chi connectivity index (χ1n) is 10.8. The van der Waals surface area contributed by atoms with E-state index in [9.17, 15) is 4.79 Å². The lowest BCUT2D eigenvalue weighted by Crippen LogP contribution is -2.49. The Bertz CT molecular complexity index is 1290. The highest BCUT2D eigenvalue weighted by molar-refractivity contribution is 7.22. The number of fused-ring (bicyclic) bond motifs is 1. The van der Waals surface area contributed by atoms with E-state index >= 15 is 0 Å². The average Bonchev–Trinajstić information content (AvgIpc) is 3.40. The van der Waals surface area contributed by atoms with Crippen molar-refractivity contribution >= 4 is 44.3 Å². The second kappa shape index (κ2) is 9.03. The van der Waals surface area contributed by atoms with Gasteiger partial charge in [-0.25, -0.2) is 4.68 Å². The molecule has 1 aliphatic rings. The second-order valence-electron chi connectivity index (χ2n) is 8.02. The van der Waals surface area contributed by atoms with E-state index in [0.717, 1.165) is 51.3 Å². The molecular weight excluding hydrogens is 458 g/mol. The quantitative estimate of drug-likeness (QED) is 0.424. The first kappa shape index (κ1) is 21.7. The molecule has 0 unspecified atom stereocenters. The lowest BCUT2D eigenvalue weighted by atomic mass is 10.1. The lowest BCUT2D eigenvalue weighted by Gasteiger charge is -2.34. The Morgan fingerprint density at radius 1 is 1.12 bits per heavy atom. The van der Waals surface area contributed by atoms with Crippen LogP contribution in [0.4, 0.5) is 5.13 Å². The standard InChI is InChI=1S/C24H24ClN5O2S/c1-16-22-23(30(27-16)19-6-8-20(32-2)9-7-19)26-24(33-22)29-12-10-28(11-13-29)21(31)15-17-4-3-5-18(25)14-17/h3-9,14H,10-13,15H2,1-2H3. The van der Waals surface area contributed by atoms with E-state index in [4.69, 9.17) is 21.3 Å². The van der Waals surface area contributed by atoms with Gasteiger partial charge in [0.25, 0.3) is 0 Å². The van der Waals surface area contributed by atoms with Crippen LogP contribution in [-0.4, -0.2) is 58.9 Å². The van der Waals surface area contributed by atoms with Crippen molar-refractivity contribution in [1.82, 2.24) is 19.7 Å². The van der Waals surface area contributed by atoms with Crippen LogP contribution < -0.4 is 9.64 Å². The highest BCUT2D eigenvalue weighted by atomic mass is 35.5. The fraction of sp³-hybridized carbons (Fsp3) is 0.292. The molecule has 33 heavy (non-hydrogen) atoms. The summed E-state index contributed by atoms with van der Waals surface area (Å²) in [5.74, 6) is 0.938. The molecule has 1 fully saturated rings. The second-order valence-corrected chi connectivity index (χ2v) is 9.43. The number of thiazole rings is 1. The van der Waals surface area contributed by atoms with Gasteiger partial charge < -0.3 is 14.5 Å². The highest BCUT2D eigenvalue weighted by Crippen LogP contribution is 2.33. The maximum Gasteiger partial charge on any atom is 0.227 e. The van der Waals surface area contributed by atoms with Crippen LogP contribution >= 0.6 is 22.9 Å². The van der Waals surface area contributed by atoms with Gasteiger partial charge in [0.2, 0.25) is 5.91 Å². The van der Waals surface area contributed by atoms with Gasteiger partial charge in [-0.05, 0) is 48.9 Å². The number of ether oxygens (including phenoxy) is 1. The number of anilines is 1. The maximum atomic E-state index is 12.7. The molecule has 0 N–H and O–H groups in total. The van der Waals surface area contributed by atoms with Gasteiger partial charge in [0.05, 0.1) is 29.6 Å². The van der Waals surface area contributed by atoms with Crippen LogP contribution in [0.1, 0.15) is 11.3 Å². The number of piperazine rings is 1. The number of hydrogen-bond donors (Lipinski definition) is 0. The van der Waals surface area contributed by atoms with Gasteiger partial charge in [-0.2, -0.15) is 10.1 Å². The number of nitrogens with zero attached hydrogens (tertiary/aromatic N) is 5. The Morgan fingerprint density at radius 2 is 1.88 bits per heavy atom. The number of carbonyl (C=O) groups is 1. The number of methoxy groups -OCH3 is 1. The largest absolute Gasteiger partial charge is 0.497 e. The summed E-state index contributed by atoms with van der Waals surface area (Å²) < 4.78 is 8.23. The predicted octanol–water partition coefficient (Wildman–Crippen LogP) is 4.34. The van der Waals surface area contributed by atoms with Gasteiger partial charge in [0, 0.05) is 31.2 Å². The van der Waals surface area contributed by atoms with Crippen molar-refractivity contribution in [2.24, 2.45) is 0 Å². The summed E-state index contributed by atoms with van der Waals surface area (Å²) in [6.07, 6.45) is 0.374. The van der Waals surface area contributed by atoms with Crippen LogP contribution in [0.2, 0.25) is 5.02 Å². The van der Waals surface area contributed by atoms with E-state index in [1.165, 1.54) is 0 Å². The first-order valence-corrected chi connectivity index (χ1v) is 12.0. The van der Waals surface area contributed by atoms with Crippen molar-refractivity contribution in [2.75, 3.05) is 38.2 Å². The number of rotatable bonds is 5. The molecule has 170 valence electrons. The number of halogens is 1. The molecule has 1 aliphatic heterocycles. The normalized spacial score (nSPS) is 14.2. The summed E-state index contributed by atoms with van der Waals surface area (Å²) in [6.45, 7) is 4.88. The average molecular weight is 482 g/mol. The minimum absolute atomic E-state index is 0.132. The van der Waals surface area contributed by atoms with E-state index in [2.05, 4.69) is 10.00 Å². The van der Waals surface area contributed by atoms with Crippen molar-refractivity contribution < 1.29 is 9.53 Å². The fourth-order valence-corrected chi connectivity index (χ4v) is 5.29. The molecule has 0 atom stereocenters. The van der Waals surface area contributed by atoms with E-state index in [0.29, 0.717) is 24.5 Å². The molecule has 0 aliphatic carbocycles. The molecule has 3 heterocycles. The monoisotopic (exact) mass is 481 g/mol. The first-order chi connectivity index (χ1) is 16.0. The summed E-state index contributed by atoms with van der Waals surface area (Å²) in [7, 11) is 1.66. The van der Waals surface area contributed by atoms with Gasteiger partial charge in [-0.3, -0.25) is 4.79 Å². The topological polar surface area (TPSA) is 63.5 Å².